The number of para-hydroxylation sites is 2. The molecular formula is C22H16N2O2S2. The standard InChI is InChI=1S/C22H16N2O2S2/c25-21(19-11-5-13-27-19)23-17-9-3-1-7-15(17)16-8-2-4-10-18(16)24-22(26)20-12-6-14-28-20/h1-14H,(H,23,25)(H,24,26). The van der Waals surface area contributed by atoms with Crippen molar-refractivity contribution in [2.75, 3.05) is 10.6 Å². The number of thiophene rings is 2. The summed E-state index contributed by atoms with van der Waals surface area (Å²) in [6, 6.07) is 22.4. The second kappa shape index (κ2) is 8.21. The first-order valence-electron chi connectivity index (χ1n) is 8.60. The molecule has 0 bridgehead atoms. The van der Waals surface area contributed by atoms with Crippen LogP contribution < -0.4 is 10.6 Å². The highest BCUT2D eigenvalue weighted by atomic mass is 32.1. The van der Waals surface area contributed by atoms with Crippen LogP contribution in [-0.4, -0.2) is 11.8 Å². The predicted molar refractivity (Wildman–Crippen MR) is 116 cm³/mol. The van der Waals surface area contributed by atoms with Gasteiger partial charge >= 0.3 is 0 Å². The lowest BCUT2D eigenvalue weighted by atomic mass is 10.0. The molecule has 0 fully saturated rings. The van der Waals surface area contributed by atoms with E-state index >= 15 is 0 Å². The molecule has 6 heteroatoms. The number of carbonyl (C=O) groups is 2. The molecule has 0 saturated heterocycles. The fourth-order valence-corrected chi connectivity index (χ4v) is 4.08. The molecule has 2 aromatic heterocycles. The van der Waals surface area contributed by atoms with Crippen LogP contribution in [0.4, 0.5) is 11.4 Å². The summed E-state index contributed by atoms with van der Waals surface area (Å²) in [6.45, 7) is 0. The van der Waals surface area contributed by atoms with Crippen LogP contribution in [0, 0.1) is 0 Å². The van der Waals surface area contributed by atoms with Gasteiger partial charge in [0.15, 0.2) is 0 Å². The minimum atomic E-state index is -0.150. The summed E-state index contributed by atoms with van der Waals surface area (Å²) in [7, 11) is 0. The number of hydrogen-bond acceptors (Lipinski definition) is 4. The van der Waals surface area contributed by atoms with Crippen LogP contribution >= 0.6 is 22.7 Å². The van der Waals surface area contributed by atoms with Crippen molar-refractivity contribution in [2.24, 2.45) is 0 Å². The number of anilines is 2. The monoisotopic (exact) mass is 404 g/mol. The highest BCUT2D eigenvalue weighted by Crippen LogP contribution is 2.34. The molecule has 0 aliphatic carbocycles. The summed E-state index contributed by atoms with van der Waals surface area (Å²) >= 11 is 2.79. The Bertz CT molecular complexity index is 1010. The maximum atomic E-state index is 12.5. The average Bonchev–Trinajstić information content (AvgIpc) is 3.43. The summed E-state index contributed by atoms with van der Waals surface area (Å²) in [4.78, 5) is 26.3. The first-order chi connectivity index (χ1) is 13.7. The maximum absolute atomic E-state index is 12.5. The van der Waals surface area contributed by atoms with Gasteiger partial charge in [-0.05, 0) is 35.0 Å². The third kappa shape index (κ3) is 3.88. The van der Waals surface area contributed by atoms with Gasteiger partial charge < -0.3 is 10.6 Å². The quantitative estimate of drug-likeness (QED) is 0.430. The molecule has 138 valence electrons. The van der Waals surface area contributed by atoms with Gasteiger partial charge in [-0.3, -0.25) is 9.59 Å². The molecular weight excluding hydrogens is 388 g/mol. The average molecular weight is 405 g/mol. The summed E-state index contributed by atoms with van der Waals surface area (Å²) in [5, 5.41) is 9.70. The van der Waals surface area contributed by atoms with E-state index < -0.39 is 0 Å². The molecule has 2 heterocycles. The SMILES string of the molecule is O=C(Nc1ccccc1-c1ccccc1NC(=O)c1cccs1)c1cccs1. The third-order valence-electron chi connectivity index (χ3n) is 4.13. The van der Waals surface area contributed by atoms with E-state index in [-0.39, 0.29) is 11.8 Å². The van der Waals surface area contributed by atoms with Crippen LogP contribution in [0.15, 0.2) is 83.6 Å². The van der Waals surface area contributed by atoms with E-state index in [4.69, 9.17) is 0 Å². The molecule has 4 rings (SSSR count). The van der Waals surface area contributed by atoms with E-state index in [1.165, 1.54) is 22.7 Å². The Morgan fingerprint density at radius 1 is 0.571 bits per heavy atom. The lowest BCUT2D eigenvalue weighted by molar-refractivity contribution is 0.102. The molecule has 2 amide bonds. The number of nitrogens with one attached hydrogen (secondary N) is 2. The molecule has 0 atom stereocenters. The Hall–Kier alpha value is -3.22. The second-order valence-electron chi connectivity index (χ2n) is 5.95. The minimum Gasteiger partial charge on any atom is -0.321 e. The van der Waals surface area contributed by atoms with Crippen molar-refractivity contribution in [1.82, 2.24) is 0 Å². The molecule has 2 N–H and O–H groups in total. The van der Waals surface area contributed by atoms with Crippen molar-refractivity contribution in [3.63, 3.8) is 0 Å². The molecule has 0 aliphatic rings. The zero-order valence-electron chi connectivity index (χ0n) is 14.7. The molecule has 28 heavy (non-hydrogen) atoms. The highest BCUT2D eigenvalue weighted by Gasteiger charge is 2.15. The third-order valence-corrected chi connectivity index (χ3v) is 5.87. The van der Waals surface area contributed by atoms with Crippen LogP contribution in [0.2, 0.25) is 0 Å². The summed E-state index contributed by atoms with van der Waals surface area (Å²) in [5.74, 6) is -0.301. The van der Waals surface area contributed by atoms with Crippen LogP contribution in [-0.2, 0) is 0 Å². The fourth-order valence-electron chi connectivity index (χ4n) is 2.84. The molecule has 4 aromatic rings. The zero-order valence-corrected chi connectivity index (χ0v) is 16.3. The van der Waals surface area contributed by atoms with Crippen molar-refractivity contribution in [1.29, 1.82) is 0 Å². The number of rotatable bonds is 5. The molecule has 2 aromatic carbocycles. The summed E-state index contributed by atoms with van der Waals surface area (Å²) in [6.07, 6.45) is 0. The molecule has 0 aliphatic heterocycles. The molecule has 0 saturated carbocycles. The van der Waals surface area contributed by atoms with Crippen LogP contribution in [0.3, 0.4) is 0 Å². The van der Waals surface area contributed by atoms with Gasteiger partial charge in [-0.15, -0.1) is 22.7 Å². The summed E-state index contributed by atoms with van der Waals surface area (Å²) in [5.41, 5.74) is 3.07. The van der Waals surface area contributed by atoms with Gasteiger partial charge in [-0.25, -0.2) is 0 Å². The Morgan fingerprint density at radius 2 is 1.00 bits per heavy atom. The van der Waals surface area contributed by atoms with Crippen LogP contribution in [0.5, 0.6) is 0 Å². The van der Waals surface area contributed by atoms with E-state index in [0.717, 1.165) is 11.1 Å². The summed E-state index contributed by atoms with van der Waals surface area (Å²) < 4.78 is 0. The van der Waals surface area contributed by atoms with E-state index in [1.54, 1.807) is 12.1 Å². The molecule has 0 radical (unpaired) electrons. The normalized spacial score (nSPS) is 10.4. The Labute approximate surface area is 170 Å². The minimum absolute atomic E-state index is 0.150. The largest absolute Gasteiger partial charge is 0.321 e. The number of benzene rings is 2. The smallest absolute Gasteiger partial charge is 0.265 e. The maximum Gasteiger partial charge on any atom is 0.265 e. The van der Waals surface area contributed by atoms with Crippen LogP contribution in [0.25, 0.3) is 11.1 Å². The van der Waals surface area contributed by atoms with E-state index in [1.807, 2.05) is 71.4 Å². The lowest BCUT2D eigenvalue weighted by Gasteiger charge is -2.15. The molecule has 0 unspecified atom stereocenters. The Morgan fingerprint density at radius 3 is 1.39 bits per heavy atom. The van der Waals surface area contributed by atoms with Crippen molar-refractivity contribution >= 4 is 45.9 Å². The molecule has 0 spiro atoms. The van der Waals surface area contributed by atoms with Gasteiger partial charge in [-0.1, -0.05) is 48.5 Å². The first kappa shape index (κ1) is 18.2. The van der Waals surface area contributed by atoms with Gasteiger partial charge in [-0.2, -0.15) is 0 Å². The van der Waals surface area contributed by atoms with Gasteiger partial charge in [0, 0.05) is 22.5 Å². The Balaban J connectivity index is 1.66. The van der Waals surface area contributed by atoms with Gasteiger partial charge in [0.25, 0.3) is 11.8 Å². The highest BCUT2D eigenvalue weighted by molar-refractivity contribution is 7.12. The van der Waals surface area contributed by atoms with E-state index in [2.05, 4.69) is 10.6 Å². The second-order valence-corrected chi connectivity index (χ2v) is 7.85. The number of amides is 2. The number of carbonyl (C=O) groups excluding carboxylic acids is 2. The fraction of sp³-hybridized carbons (Fsp3) is 0. The van der Waals surface area contributed by atoms with Gasteiger partial charge in [0.1, 0.15) is 0 Å². The Kier molecular flexibility index (Phi) is 5.32. The van der Waals surface area contributed by atoms with E-state index in [9.17, 15) is 9.59 Å². The van der Waals surface area contributed by atoms with Crippen molar-refractivity contribution in [3.8, 4) is 11.1 Å². The topological polar surface area (TPSA) is 58.2 Å². The lowest BCUT2D eigenvalue weighted by Crippen LogP contribution is -2.12. The van der Waals surface area contributed by atoms with Gasteiger partial charge in [0.2, 0.25) is 0 Å². The first-order valence-corrected chi connectivity index (χ1v) is 10.4. The van der Waals surface area contributed by atoms with Gasteiger partial charge in [0.05, 0.1) is 9.75 Å². The predicted octanol–water partition coefficient (Wildman–Crippen LogP) is 5.98. The van der Waals surface area contributed by atoms with Crippen molar-refractivity contribution < 1.29 is 9.59 Å². The van der Waals surface area contributed by atoms with Crippen LogP contribution in [0.1, 0.15) is 19.3 Å². The molecule has 4 nitrogen and oxygen atoms in total. The van der Waals surface area contributed by atoms with E-state index in [0.29, 0.717) is 21.1 Å². The number of hydrogen-bond donors (Lipinski definition) is 2. The van der Waals surface area contributed by atoms with Crippen molar-refractivity contribution in [3.05, 3.63) is 93.3 Å². The zero-order chi connectivity index (χ0) is 19.3. The van der Waals surface area contributed by atoms with Crippen molar-refractivity contribution in [2.45, 2.75) is 0 Å².